The SMILES string of the molecule is Cc1nccc(CNC(=O)NCCCc2cccc(F)c2)n1. The third kappa shape index (κ3) is 5.47. The van der Waals surface area contributed by atoms with Gasteiger partial charge in [0.15, 0.2) is 0 Å². The number of hydrogen-bond acceptors (Lipinski definition) is 3. The number of amides is 2. The Balaban J connectivity index is 1.63. The first-order valence-electron chi connectivity index (χ1n) is 7.18. The minimum absolute atomic E-state index is 0.233. The number of benzene rings is 1. The number of aromatic nitrogens is 2. The Morgan fingerprint density at radius 1 is 1.27 bits per heavy atom. The molecule has 0 aliphatic heterocycles. The topological polar surface area (TPSA) is 66.9 Å². The zero-order chi connectivity index (χ0) is 15.8. The van der Waals surface area contributed by atoms with E-state index in [0.29, 0.717) is 18.9 Å². The standard InChI is InChI=1S/C16H19FN4O/c1-12-18-9-7-15(21-12)11-20-16(22)19-8-3-5-13-4-2-6-14(17)10-13/h2,4,6-7,9-10H,3,5,8,11H2,1H3,(H2,19,20,22). The molecule has 22 heavy (non-hydrogen) atoms. The molecular formula is C16H19FN4O. The second-order valence-corrected chi connectivity index (χ2v) is 4.94. The smallest absolute Gasteiger partial charge is 0.315 e. The van der Waals surface area contributed by atoms with Crippen LogP contribution in [0.1, 0.15) is 23.5 Å². The van der Waals surface area contributed by atoms with Gasteiger partial charge in [-0.1, -0.05) is 12.1 Å². The number of hydrogen-bond donors (Lipinski definition) is 2. The van der Waals surface area contributed by atoms with Crippen LogP contribution >= 0.6 is 0 Å². The van der Waals surface area contributed by atoms with E-state index in [9.17, 15) is 9.18 Å². The molecule has 0 radical (unpaired) electrons. The highest BCUT2D eigenvalue weighted by atomic mass is 19.1. The van der Waals surface area contributed by atoms with Crippen LogP contribution in [-0.4, -0.2) is 22.5 Å². The van der Waals surface area contributed by atoms with E-state index in [2.05, 4.69) is 20.6 Å². The van der Waals surface area contributed by atoms with Crippen LogP contribution in [0.3, 0.4) is 0 Å². The lowest BCUT2D eigenvalue weighted by Gasteiger charge is -2.07. The fourth-order valence-corrected chi connectivity index (χ4v) is 2.02. The highest BCUT2D eigenvalue weighted by molar-refractivity contribution is 5.73. The van der Waals surface area contributed by atoms with Gasteiger partial charge in [0.1, 0.15) is 11.6 Å². The fourth-order valence-electron chi connectivity index (χ4n) is 2.02. The van der Waals surface area contributed by atoms with Crippen LogP contribution in [0.5, 0.6) is 0 Å². The summed E-state index contributed by atoms with van der Waals surface area (Å²) in [6.07, 6.45) is 3.14. The largest absolute Gasteiger partial charge is 0.338 e. The van der Waals surface area contributed by atoms with E-state index in [1.54, 1.807) is 25.3 Å². The molecule has 0 saturated heterocycles. The summed E-state index contributed by atoms with van der Waals surface area (Å²) >= 11 is 0. The van der Waals surface area contributed by atoms with E-state index < -0.39 is 0 Å². The summed E-state index contributed by atoms with van der Waals surface area (Å²) in [6, 6.07) is 8.02. The van der Waals surface area contributed by atoms with E-state index in [1.807, 2.05) is 6.07 Å². The summed E-state index contributed by atoms with van der Waals surface area (Å²) in [5.74, 6) is 0.443. The zero-order valence-corrected chi connectivity index (χ0v) is 12.5. The van der Waals surface area contributed by atoms with E-state index in [0.717, 1.165) is 24.1 Å². The van der Waals surface area contributed by atoms with Crippen molar-refractivity contribution in [3.05, 3.63) is 59.4 Å². The lowest BCUT2D eigenvalue weighted by Crippen LogP contribution is -2.35. The highest BCUT2D eigenvalue weighted by Crippen LogP contribution is 2.05. The van der Waals surface area contributed by atoms with Crippen molar-refractivity contribution in [3.8, 4) is 0 Å². The van der Waals surface area contributed by atoms with Gasteiger partial charge in [-0.25, -0.2) is 19.2 Å². The molecule has 2 aromatic rings. The van der Waals surface area contributed by atoms with Gasteiger partial charge in [0.05, 0.1) is 12.2 Å². The van der Waals surface area contributed by atoms with Crippen LogP contribution in [0.15, 0.2) is 36.5 Å². The van der Waals surface area contributed by atoms with Gasteiger partial charge < -0.3 is 10.6 Å². The normalized spacial score (nSPS) is 10.3. The van der Waals surface area contributed by atoms with Crippen molar-refractivity contribution in [2.24, 2.45) is 0 Å². The van der Waals surface area contributed by atoms with Crippen LogP contribution in [0.4, 0.5) is 9.18 Å². The van der Waals surface area contributed by atoms with Gasteiger partial charge in [-0.2, -0.15) is 0 Å². The number of aryl methyl sites for hydroxylation is 2. The summed E-state index contributed by atoms with van der Waals surface area (Å²) in [7, 11) is 0. The van der Waals surface area contributed by atoms with Crippen molar-refractivity contribution in [1.29, 1.82) is 0 Å². The molecule has 5 nitrogen and oxygen atoms in total. The lowest BCUT2D eigenvalue weighted by molar-refractivity contribution is 0.240. The Morgan fingerprint density at radius 3 is 2.91 bits per heavy atom. The molecule has 0 spiro atoms. The molecule has 1 heterocycles. The summed E-state index contributed by atoms with van der Waals surface area (Å²) in [6.45, 7) is 2.69. The minimum Gasteiger partial charge on any atom is -0.338 e. The average Bonchev–Trinajstić information content (AvgIpc) is 2.50. The molecule has 2 amide bonds. The average molecular weight is 302 g/mol. The molecule has 1 aromatic carbocycles. The Morgan fingerprint density at radius 2 is 2.14 bits per heavy atom. The maximum atomic E-state index is 13.0. The first kappa shape index (κ1) is 15.9. The zero-order valence-electron chi connectivity index (χ0n) is 12.5. The molecule has 0 unspecified atom stereocenters. The number of nitrogens with zero attached hydrogens (tertiary/aromatic N) is 2. The van der Waals surface area contributed by atoms with Crippen LogP contribution in [0, 0.1) is 12.7 Å². The van der Waals surface area contributed by atoms with Gasteiger partial charge in [0.2, 0.25) is 0 Å². The predicted octanol–water partition coefficient (Wildman–Crippen LogP) is 2.36. The highest BCUT2D eigenvalue weighted by Gasteiger charge is 2.02. The van der Waals surface area contributed by atoms with E-state index in [-0.39, 0.29) is 11.8 Å². The number of nitrogens with one attached hydrogen (secondary N) is 2. The van der Waals surface area contributed by atoms with E-state index in [4.69, 9.17) is 0 Å². The van der Waals surface area contributed by atoms with E-state index >= 15 is 0 Å². The quantitative estimate of drug-likeness (QED) is 0.805. The van der Waals surface area contributed by atoms with E-state index in [1.165, 1.54) is 12.1 Å². The third-order valence-corrected chi connectivity index (χ3v) is 3.08. The molecule has 2 N–H and O–H groups in total. The molecule has 0 fully saturated rings. The molecule has 0 aliphatic rings. The second kappa shape index (κ2) is 8.07. The first-order chi connectivity index (χ1) is 10.6. The Hall–Kier alpha value is -2.50. The Bertz CT molecular complexity index is 633. The Kier molecular flexibility index (Phi) is 5.82. The Labute approximate surface area is 129 Å². The maximum absolute atomic E-state index is 13.0. The van der Waals surface area contributed by atoms with Crippen LogP contribution in [0.2, 0.25) is 0 Å². The van der Waals surface area contributed by atoms with Gasteiger partial charge in [0, 0.05) is 12.7 Å². The number of rotatable bonds is 6. The van der Waals surface area contributed by atoms with Crippen molar-refractivity contribution >= 4 is 6.03 Å². The lowest BCUT2D eigenvalue weighted by atomic mass is 10.1. The molecular weight excluding hydrogens is 283 g/mol. The molecule has 0 bridgehead atoms. The third-order valence-electron chi connectivity index (χ3n) is 3.08. The molecule has 0 saturated carbocycles. The fraction of sp³-hybridized carbons (Fsp3) is 0.312. The van der Waals surface area contributed by atoms with Gasteiger partial charge in [-0.05, 0) is 43.5 Å². The van der Waals surface area contributed by atoms with Crippen molar-refractivity contribution in [2.75, 3.05) is 6.54 Å². The molecule has 2 rings (SSSR count). The van der Waals surface area contributed by atoms with Crippen molar-refractivity contribution in [3.63, 3.8) is 0 Å². The summed E-state index contributed by atoms with van der Waals surface area (Å²) < 4.78 is 13.0. The molecule has 116 valence electrons. The molecule has 1 aromatic heterocycles. The van der Waals surface area contributed by atoms with Gasteiger partial charge in [0.25, 0.3) is 0 Å². The molecule has 6 heteroatoms. The summed E-state index contributed by atoms with van der Waals surface area (Å²) in [5, 5.41) is 5.50. The van der Waals surface area contributed by atoms with Crippen molar-refractivity contribution in [1.82, 2.24) is 20.6 Å². The van der Waals surface area contributed by atoms with Crippen LogP contribution in [0.25, 0.3) is 0 Å². The second-order valence-electron chi connectivity index (χ2n) is 4.94. The summed E-state index contributed by atoms with van der Waals surface area (Å²) in [5.41, 5.74) is 1.70. The number of urea groups is 1. The van der Waals surface area contributed by atoms with Crippen LogP contribution in [-0.2, 0) is 13.0 Å². The maximum Gasteiger partial charge on any atom is 0.315 e. The van der Waals surface area contributed by atoms with Crippen molar-refractivity contribution < 1.29 is 9.18 Å². The van der Waals surface area contributed by atoms with Gasteiger partial charge in [-0.3, -0.25) is 0 Å². The molecule has 0 aliphatic carbocycles. The minimum atomic E-state index is -0.240. The van der Waals surface area contributed by atoms with Gasteiger partial charge in [-0.15, -0.1) is 0 Å². The summed E-state index contributed by atoms with van der Waals surface area (Å²) in [4.78, 5) is 19.8. The predicted molar refractivity (Wildman–Crippen MR) is 81.7 cm³/mol. The van der Waals surface area contributed by atoms with Crippen LogP contribution < -0.4 is 10.6 Å². The molecule has 0 atom stereocenters. The number of carbonyl (C=O) groups is 1. The monoisotopic (exact) mass is 302 g/mol. The number of halogens is 1. The number of carbonyl (C=O) groups excluding carboxylic acids is 1. The first-order valence-corrected chi connectivity index (χ1v) is 7.18. The van der Waals surface area contributed by atoms with Crippen molar-refractivity contribution in [2.45, 2.75) is 26.3 Å². The van der Waals surface area contributed by atoms with Gasteiger partial charge >= 0.3 is 6.03 Å².